The van der Waals surface area contributed by atoms with Crippen molar-refractivity contribution in [3.05, 3.63) is 95.6 Å². The fourth-order valence-electron chi connectivity index (χ4n) is 6.35. The van der Waals surface area contributed by atoms with Crippen molar-refractivity contribution in [1.29, 1.82) is 0 Å². The van der Waals surface area contributed by atoms with Gasteiger partial charge in [-0.05, 0) is 24.1 Å². The monoisotopic (exact) mass is 614 g/mol. The van der Waals surface area contributed by atoms with Gasteiger partial charge in [0.25, 0.3) is 0 Å². The molecule has 0 spiro atoms. The van der Waals surface area contributed by atoms with Gasteiger partial charge in [-0.3, -0.25) is 4.79 Å². The third-order valence-electron chi connectivity index (χ3n) is 8.85. The number of carbonyl (C=O) groups excluding carboxylic acids is 1. The van der Waals surface area contributed by atoms with Crippen LogP contribution in [0.1, 0.15) is 126 Å². The molecule has 5 nitrogen and oxygen atoms in total. The van der Waals surface area contributed by atoms with Crippen molar-refractivity contribution in [2.24, 2.45) is 0 Å². The summed E-state index contributed by atoms with van der Waals surface area (Å²) < 4.78 is 18.4. The number of unbranched alkanes of at least 4 members (excludes halogenated alkanes) is 14. The van der Waals surface area contributed by atoms with Crippen LogP contribution in [-0.4, -0.2) is 30.4 Å². The molecule has 0 aromatic heterocycles. The van der Waals surface area contributed by atoms with Crippen molar-refractivity contribution in [2.45, 2.75) is 121 Å². The Kier molecular flexibility index (Phi) is 15.0. The minimum atomic E-state index is -0.981. The summed E-state index contributed by atoms with van der Waals surface area (Å²) in [6.45, 7) is 2.17. The Morgan fingerprint density at radius 1 is 0.644 bits per heavy atom. The quantitative estimate of drug-likeness (QED) is 0.0901. The number of aliphatic hydroxyl groups excluding tert-OH is 1. The highest BCUT2D eigenvalue weighted by atomic mass is 16.6. The van der Waals surface area contributed by atoms with Crippen molar-refractivity contribution >= 4 is 5.97 Å². The van der Waals surface area contributed by atoms with Crippen LogP contribution in [0.5, 0.6) is 11.5 Å². The van der Waals surface area contributed by atoms with Gasteiger partial charge in [-0.15, -0.1) is 0 Å². The molecule has 1 heterocycles. The predicted octanol–water partition coefficient (Wildman–Crippen LogP) is 10.3. The van der Waals surface area contributed by atoms with E-state index in [4.69, 9.17) is 14.2 Å². The Bertz CT molecular complexity index is 1210. The summed E-state index contributed by atoms with van der Waals surface area (Å²) in [5, 5.41) is 10.9. The maximum atomic E-state index is 12.4. The highest BCUT2D eigenvalue weighted by molar-refractivity contribution is 5.69. The van der Waals surface area contributed by atoms with E-state index in [0.717, 1.165) is 36.0 Å². The topological polar surface area (TPSA) is 65.0 Å². The molecule has 3 aromatic carbocycles. The molecule has 0 saturated heterocycles. The number of hydrogen-bond acceptors (Lipinski definition) is 5. The average molecular weight is 615 g/mol. The van der Waals surface area contributed by atoms with Gasteiger partial charge in [0.15, 0.2) is 5.60 Å². The molecule has 0 bridgehead atoms. The lowest BCUT2D eigenvalue weighted by Crippen LogP contribution is -2.39. The smallest absolute Gasteiger partial charge is 0.305 e. The van der Waals surface area contributed by atoms with Crippen molar-refractivity contribution in [3.8, 4) is 11.5 Å². The van der Waals surface area contributed by atoms with Gasteiger partial charge < -0.3 is 19.3 Å². The van der Waals surface area contributed by atoms with Crippen LogP contribution in [0.2, 0.25) is 0 Å². The van der Waals surface area contributed by atoms with Crippen molar-refractivity contribution in [2.75, 3.05) is 13.2 Å². The van der Waals surface area contributed by atoms with Gasteiger partial charge in [0.2, 0.25) is 0 Å². The van der Waals surface area contributed by atoms with E-state index in [2.05, 4.69) is 6.92 Å². The van der Waals surface area contributed by atoms with Crippen molar-refractivity contribution < 1.29 is 24.1 Å². The summed E-state index contributed by atoms with van der Waals surface area (Å²) in [5.74, 6) is 1.16. The van der Waals surface area contributed by atoms with Crippen LogP contribution in [0, 0.1) is 0 Å². The molecule has 0 unspecified atom stereocenters. The number of benzene rings is 3. The summed E-state index contributed by atoms with van der Waals surface area (Å²) >= 11 is 0. The lowest BCUT2D eigenvalue weighted by Gasteiger charge is -2.40. The first-order valence-corrected chi connectivity index (χ1v) is 17.5. The Labute approximate surface area is 271 Å². The molecule has 1 N–H and O–H groups in total. The molecule has 0 aliphatic carbocycles. The highest BCUT2D eigenvalue weighted by Gasteiger charge is 2.45. The van der Waals surface area contributed by atoms with Crippen LogP contribution < -0.4 is 4.74 Å². The largest absolute Gasteiger partial charge is 0.463 e. The fourth-order valence-corrected chi connectivity index (χ4v) is 6.35. The zero-order chi connectivity index (χ0) is 31.6. The first-order valence-electron chi connectivity index (χ1n) is 17.5. The lowest BCUT2D eigenvalue weighted by atomic mass is 9.78. The van der Waals surface area contributed by atoms with Gasteiger partial charge in [0.1, 0.15) is 24.2 Å². The van der Waals surface area contributed by atoms with Crippen molar-refractivity contribution in [3.63, 3.8) is 0 Å². The summed E-state index contributed by atoms with van der Waals surface area (Å²) in [6, 6.07) is 25.7. The van der Waals surface area contributed by atoms with Crippen LogP contribution in [0.15, 0.2) is 78.9 Å². The predicted molar refractivity (Wildman–Crippen MR) is 182 cm³/mol. The summed E-state index contributed by atoms with van der Waals surface area (Å²) in [6.07, 6.45) is 18.8. The van der Waals surface area contributed by atoms with E-state index in [1.54, 1.807) is 0 Å². The van der Waals surface area contributed by atoms with Crippen LogP contribution >= 0.6 is 0 Å². The van der Waals surface area contributed by atoms with E-state index in [1.807, 2.05) is 78.9 Å². The molecule has 4 rings (SSSR count). The minimum Gasteiger partial charge on any atom is -0.463 e. The van der Waals surface area contributed by atoms with Crippen LogP contribution in [-0.2, 0) is 19.9 Å². The van der Waals surface area contributed by atoms with E-state index < -0.39 is 11.7 Å². The Morgan fingerprint density at radius 2 is 1.11 bits per heavy atom. The second-order valence-corrected chi connectivity index (χ2v) is 12.5. The molecule has 244 valence electrons. The Hall–Kier alpha value is -3.15. The Balaban J connectivity index is 1.15. The minimum absolute atomic E-state index is 0.0101. The number of rotatable bonds is 22. The maximum absolute atomic E-state index is 12.4. The van der Waals surface area contributed by atoms with E-state index >= 15 is 0 Å². The summed E-state index contributed by atoms with van der Waals surface area (Å²) in [7, 11) is 0. The van der Waals surface area contributed by atoms with Crippen LogP contribution in [0.4, 0.5) is 0 Å². The molecule has 1 atom stereocenters. The normalized spacial score (nSPS) is 13.8. The van der Waals surface area contributed by atoms with Gasteiger partial charge in [0, 0.05) is 17.5 Å². The first-order chi connectivity index (χ1) is 22.1. The van der Waals surface area contributed by atoms with Gasteiger partial charge in [-0.25, -0.2) is 0 Å². The van der Waals surface area contributed by atoms with Gasteiger partial charge in [-0.1, -0.05) is 164 Å². The highest BCUT2D eigenvalue weighted by Crippen LogP contribution is 2.52. The molecule has 1 aliphatic rings. The zero-order valence-corrected chi connectivity index (χ0v) is 27.4. The number of hydrogen-bond donors (Lipinski definition) is 1. The number of ether oxygens (including phenoxy) is 3. The van der Waals surface area contributed by atoms with Gasteiger partial charge in [-0.2, -0.15) is 0 Å². The molecular formula is C40H54O5. The second-order valence-electron chi connectivity index (χ2n) is 12.5. The van der Waals surface area contributed by atoms with E-state index in [9.17, 15) is 9.90 Å². The van der Waals surface area contributed by atoms with E-state index in [1.165, 1.54) is 77.0 Å². The molecule has 0 radical (unpaired) electrons. The second kappa shape index (κ2) is 19.4. The van der Waals surface area contributed by atoms with E-state index in [0.29, 0.717) is 17.9 Å². The molecular weight excluding hydrogens is 560 g/mol. The standard InChI is InChI=1S/C40H54O5/c1-2-3-4-5-6-7-8-9-10-11-12-13-14-15-19-30-39(42)43-31-34(41)32-44-40(33-24-17-16-18-25-33)35-26-20-22-28-37(35)45-38-29-23-21-27-36(38)40/h16-18,20-29,34,41H,2-15,19,30-32H2,1H3/t34-/m1/s1. The molecule has 0 saturated carbocycles. The number of para-hydroxylation sites is 2. The van der Waals surface area contributed by atoms with Crippen molar-refractivity contribution in [1.82, 2.24) is 0 Å². The number of aliphatic hydroxyl groups is 1. The molecule has 5 heteroatoms. The number of carbonyl (C=O) groups is 1. The van der Waals surface area contributed by atoms with E-state index in [-0.39, 0.29) is 19.2 Å². The first kappa shape index (κ1) is 34.7. The van der Waals surface area contributed by atoms with Crippen LogP contribution in [0.3, 0.4) is 0 Å². The number of fused-ring (bicyclic) bond motifs is 2. The average Bonchev–Trinajstić information content (AvgIpc) is 3.08. The molecule has 1 aliphatic heterocycles. The Morgan fingerprint density at radius 3 is 1.64 bits per heavy atom. The zero-order valence-electron chi connectivity index (χ0n) is 27.4. The number of esters is 1. The van der Waals surface area contributed by atoms with Gasteiger partial charge >= 0.3 is 5.97 Å². The van der Waals surface area contributed by atoms with Crippen LogP contribution in [0.25, 0.3) is 0 Å². The summed E-state index contributed by atoms with van der Waals surface area (Å²) in [5.41, 5.74) is 1.69. The summed E-state index contributed by atoms with van der Waals surface area (Å²) in [4.78, 5) is 12.4. The molecule has 0 fully saturated rings. The molecule has 0 amide bonds. The lowest BCUT2D eigenvalue weighted by molar-refractivity contribution is -0.149. The maximum Gasteiger partial charge on any atom is 0.305 e. The van der Waals surface area contributed by atoms with Gasteiger partial charge in [0.05, 0.1) is 6.61 Å². The fraction of sp³-hybridized carbons (Fsp3) is 0.525. The molecule has 3 aromatic rings. The third kappa shape index (κ3) is 10.4. The SMILES string of the molecule is CCCCCCCCCCCCCCCCCC(=O)OC[C@@H](O)COC1(c2ccccc2)c2ccccc2Oc2ccccc21. The molecule has 45 heavy (non-hydrogen) atoms. The third-order valence-corrected chi connectivity index (χ3v) is 8.85.